The normalized spacial score (nSPS) is 10.4. The first-order valence-electron chi connectivity index (χ1n) is 7.14. The van der Waals surface area contributed by atoms with Crippen LogP contribution >= 0.6 is 12.2 Å². The first kappa shape index (κ1) is 16.8. The zero-order valence-electron chi connectivity index (χ0n) is 13.1. The molecule has 0 saturated carbocycles. The van der Waals surface area contributed by atoms with Crippen LogP contribution < -0.4 is 15.4 Å². The Balaban J connectivity index is 1.96. The van der Waals surface area contributed by atoms with Crippen LogP contribution in [0.4, 0.5) is 5.95 Å². The van der Waals surface area contributed by atoms with Crippen molar-refractivity contribution in [2.24, 2.45) is 0 Å². The summed E-state index contributed by atoms with van der Waals surface area (Å²) in [4.78, 5) is 13.6. The number of benzene rings is 1. The van der Waals surface area contributed by atoms with Gasteiger partial charge in [-0.05, 0) is 56.4 Å². The number of tetrazole rings is 1. The summed E-state index contributed by atoms with van der Waals surface area (Å²) in [6, 6.07) is 6.87. The van der Waals surface area contributed by atoms with Gasteiger partial charge in [-0.25, -0.2) is 0 Å². The summed E-state index contributed by atoms with van der Waals surface area (Å²) in [6.07, 6.45) is 0.0308. The lowest BCUT2D eigenvalue weighted by atomic mass is 10.2. The lowest BCUT2D eigenvalue weighted by molar-refractivity contribution is 0.0977. The van der Waals surface area contributed by atoms with Gasteiger partial charge < -0.3 is 4.74 Å². The van der Waals surface area contributed by atoms with Crippen molar-refractivity contribution in [1.29, 1.82) is 0 Å². The Kier molecular flexibility index (Phi) is 5.58. The third-order valence-electron chi connectivity index (χ3n) is 2.66. The Bertz CT molecular complexity index is 700. The summed E-state index contributed by atoms with van der Waals surface area (Å²) >= 11 is 5.07. The van der Waals surface area contributed by atoms with Crippen LogP contribution in [0.5, 0.6) is 5.75 Å². The summed E-state index contributed by atoms with van der Waals surface area (Å²) in [5.74, 6) is 0.507. The molecule has 23 heavy (non-hydrogen) atoms. The second-order valence-electron chi connectivity index (χ2n) is 4.90. The summed E-state index contributed by atoms with van der Waals surface area (Å²) in [5, 5.41) is 16.9. The molecule has 0 aliphatic carbocycles. The lowest BCUT2D eigenvalue weighted by Gasteiger charge is -2.11. The zero-order valence-corrected chi connectivity index (χ0v) is 13.9. The molecule has 1 aromatic heterocycles. The van der Waals surface area contributed by atoms with Gasteiger partial charge in [-0.2, -0.15) is 4.80 Å². The molecule has 2 aromatic rings. The molecule has 0 unspecified atom stereocenters. The van der Waals surface area contributed by atoms with E-state index in [4.69, 9.17) is 17.0 Å². The van der Waals surface area contributed by atoms with E-state index in [-0.39, 0.29) is 23.1 Å². The minimum atomic E-state index is -0.348. The maximum Gasteiger partial charge on any atom is 0.269 e. The molecule has 1 heterocycles. The summed E-state index contributed by atoms with van der Waals surface area (Å²) in [7, 11) is 0. The van der Waals surface area contributed by atoms with Crippen LogP contribution in [0.1, 0.15) is 31.1 Å². The van der Waals surface area contributed by atoms with Gasteiger partial charge >= 0.3 is 0 Å². The molecule has 2 rings (SSSR count). The van der Waals surface area contributed by atoms with Crippen LogP contribution in [-0.4, -0.2) is 37.3 Å². The van der Waals surface area contributed by atoms with Crippen LogP contribution in [0.25, 0.3) is 0 Å². The summed E-state index contributed by atoms with van der Waals surface area (Å²) < 4.78 is 5.56. The van der Waals surface area contributed by atoms with E-state index in [1.165, 1.54) is 4.80 Å². The van der Waals surface area contributed by atoms with Crippen LogP contribution in [0.15, 0.2) is 24.3 Å². The summed E-state index contributed by atoms with van der Waals surface area (Å²) in [6.45, 7) is 6.32. The van der Waals surface area contributed by atoms with Crippen molar-refractivity contribution in [1.82, 2.24) is 25.5 Å². The summed E-state index contributed by atoms with van der Waals surface area (Å²) in [5.41, 5.74) is 0.442. The fourth-order valence-electron chi connectivity index (χ4n) is 1.72. The number of aromatic nitrogens is 4. The molecular formula is C14H18N6O2S. The molecular weight excluding hydrogens is 316 g/mol. The molecule has 0 spiro atoms. The van der Waals surface area contributed by atoms with E-state index in [0.717, 1.165) is 0 Å². The highest BCUT2D eigenvalue weighted by atomic mass is 32.1. The molecule has 0 aliphatic heterocycles. The maximum absolute atomic E-state index is 12.2. The number of carbonyl (C=O) groups excluding carboxylic acids is 1. The predicted molar refractivity (Wildman–Crippen MR) is 89.4 cm³/mol. The largest absolute Gasteiger partial charge is 0.491 e. The number of hydrogen-bond donors (Lipinski definition) is 2. The number of amides is 1. The fourth-order valence-corrected chi connectivity index (χ4v) is 1.90. The van der Waals surface area contributed by atoms with Crippen molar-refractivity contribution >= 4 is 29.2 Å². The molecule has 0 aliphatic rings. The molecule has 0 fully saturated rings. The number of anilines is 1. The molecule has 0 saturated heterocycles. The standard InChI is InChI=1S/C14H18N6O2S/c1-4-20-18-13(17-19-20)16-14(23)15-12(21)10-6-5-7-11(8-10)22-9(2)3/h5-9H,4H2,1-3H3,(H2,15,16,18,21,23). The number of hydrogen-bond acceptors (Lipinski definition) is 6. The van der Waals surface area contributed by atoms with Gasteiger partial charge in [0.25, 0.3) is 11.9 Å². The van der Waals surface area contributed by atoms with Gasteiger partial charge in [-0.1, -0.05) is 11.2 Å². The molecule has 1 amide bonds. The zero-order chi connectivity index (χ0) is 16.8. The molecule has 9 heteroatoms. The quantitative estimate of drug-likeness (QED) is 0.802. The number of carbonyl (C=O) groups is 1. The Morgan fingerprint density at radius 1 is 1.43 bits per heavy atom. The number of nitrogens with zero attached hydrogens (tertiary/aromatic N) is 4. The number of nitrogens with one attached hydrogen (secondary N) is 2. The van der Waals surface area contributed by atoms with E-state index >= 15 is 0 Å². The van der Waals surface area contributed by atoms with Gasteiger partial charge in [0.2, 0.25) is 0 Å². The highest BCUT2D eigenvalue weighted by Crippen LogP contribution is 2.14. The van der Waals surface area contributed by atoms with Gasteiger partial charge in [-0.15, -0.1) is 5.10 Å². The van der Waals surface area contributed by atoms with Gasteiger partial charge in [0.15, 0.2) is 5.11 Å². The van der Waals surface area contributed by atoms with Crippen LogP contribution in [0, 0.1) is 0 Å². The van der Waals surface area contributed by atoms with Crippen LogP contribution in [0.2, 0.25) is 0 Å². The second-order valence-corrected chi connectivity index (χ2v) is 5.31. The van der Waals surface area contributed by atoms with Crippen molar-refractivity contribution in [3.8, 4) is 5.75 Å². The predicted octanol–water partition coefficient (Wildman–Crippen LogP) is 1.61. The number of thiocarbonyl (C=S) groups is 1. The number of aryl methyl sites for hydroxylation is 1. The molecule has 0 radical (unpaired) electrons. The SMILES string of the molecule is CCn1nnc(NC(=S)NC(=O)c2cccc(OC(C)C)c2)n1. The van der Waals surface area contributed by atoms with Crippen molar-refractivity contribution in [3.63, 3.8) is 0 Å². The topological polar surface area (TPSA) is 94.0 Å². The molecule has 2 N–H and O–H groups in total. The molecule has 0 bridgehead atoms. The molecule has 122 valence electrons. The Morgan fingerprint density at radius 3 is 2.87 bits per heavy atom. The van der Waals surface area contributed by atoms with Crippen molar-refractivity contribution in [2.45, 2.75) is 33.4 Å². The molecule has 1 aromatic carbocycles. The van der Waals surface area contributed by atoms with Crippen molar-refractivity contribution < 1.29 is 9.53 Å². The molecule has 8 nitrogen and oxygen atoms in total. The maximum atomic E-state index is 12.2. The first-order chi connectivity index (χ1) is 11.0. The van der Waals surface area contributed by atoms with E-state index in [2.05, 4.69) is 26.0 Å². The van der Waals surface area contributed by atoms with Crippen molar-refractivity contribution in [2.75, 3.05) is 5.32 Å². The van der Waals surface area contributed by atoms with Gasteiger partial charge in [0.05, 0.1) is 12.6 Å². The van der Waals surface area contributed by atoms with E-state index < -0.39 is 0 Å². The average Bonchev–Trinajstić information content (AvgIpc) is 2.94. The van der Waals surface area contributed by atoms with Crippen LogP contribution in [-0.2, 0) is 6.54 Å². The monoisotopic (exact) mass is 334 g/mol. The highest BCUT2D eigenvalue weighted by Gasteiger charge is 2.11. The number of ether oxygens (including phenoxy) is 1. The number of rotatable bonds is 5. The van der Waals surface area contributed by atoms with Gasteiger partial charge in [0.1, 0.15) is 5.75 Å². The van der Waals surface area contributed by atoms with Crippen LogP contribution in [0.3, 0.4) is 0 Å². The van der Waals surface area contributed by atoms with E-state index in [0.29, 0.717) is 17.9 Å². The van der Waals surface area contributed by atoms with E-state index in [1.807, 2.05) is 20.8 Å². The van der Waals surface area contributed by atoms with Gasteiger partial charge in [0, 0.05) is 5.56 Å². The third kappa shape index (κ3) is 4.99. The average molecular weight is 334 g/mol. The lowest BCUT2D eigenvalue weighted by Crippen LogP contribution is -2.34. The highest BCUT2D eigenvalue weighted by molar-refractivity contribution is 7.80. The van der Waals surface area contributed by atoms with E-state index in [1.54, 1.807) is 24.3 Å². The second kappa shape index (κ2) is 7.63. The fraction of sp³-hybridized carbons (Fsp3) is 0.357. The Labute approximate surface area is 139 Å². The Morgan fingerprint density at radius 2 is 2.22 bits per heavy atom. The van der Waals surface area contributed by atoms with E-state index in [9.17, 15) is 4.79 Å². The van der Waals surface area contributed by atoms with Gasteiger partial charge in [-0.3, -0.25) is 15.4 Å². The third-order valence-corrected chi connectivity index (χ3v) is 2.86. The Hall–Kier alpha value is -2.55. The first-order valence-corrected chi connectivity index (χ1v) is 7.55. The minimum Gasteiger partial charge on any atom is -0.491 e. The minimum absolute atomic E-state index is 0.0308. The smallest absolute Gasteiger partial charge is 0.269 e. The molecule has 0 atom stereocenters. The van der Waals surface area contributed by atoms with Crippen molar-refractivity contribution in [3.05, 3.63) is 29.8 Å².